The summed E-state index contributed by atoms with van der Waals surface area (Å²) in [5.74, 6) is -0.166. The highest BCUT2D eigenvalue weighted by Gasteiger charge is 1.99. The molecule has 0 unspecified atom stereocenters. The molecule has 66 valence electrons. The van der Waals surface area contributed by atoms with Gasteiger partial charge < -0.3 is 5.32 Å². The first-order valence-corrected chi connectivity index (χ1v) is 4.06. The second kappa shape index (κ2) is 4.11. The fourth-order valence-electron chi connectivity index (χ4n) is 0.811. The third-order valence-corrected chi connectivity index (χ3v) is 1.61. The molecule has 1 rings (SSSR count). The molecule has 1 amide bonds. The Morgan fingerprint density at radius 3 is 3.08 bits per heavy atom. The summed E-state index contributed by atoms with van der Waals surface area (Å²) < 4.78 is 1.68. The predicted molar refractivity (Wildman–Crippen MR) is 45.8 cm³/mol. The fraction of sp³-hybridized carbons (Fsp3) is 0.429. The minimum Gasteiger partial charge on any atom is -0.351 e. The van der Waals surface area contributed by atoms with Gasteiger partial charge in [0.25, 0.3) is 0 Å². The lowest BCUT2D eigenvalue weighted by Gasteiger charge is -1.98. The Bertz CT molecular complexity index is 271. The fourth-order valence-corrected chi connectivity index (χ4v) is 0.906. The van der Waals surface area contributed by atoms with Crippen molar-refractivity contribution in [3.63, 3.8) is 0 Å². The maximum atomic E-state index is 10.7. The zero-order chi connectivity index (χ0) is 8.97. The van der Waals surface area contributed by atoms with Crippen LogP contribution in [0.3, 0.4) is 0 Å². The van der Waals surface area contributed by atoms with Crippen molar-refractivity contribution < 1.29 is 4.79 Å². The molecule has 1 heterocycles. The number of carbonyl (C=O) groups excluding carboxylic acids is 1. The molecule has 4 nitrogen and oxygen atoms in total. The van der Waals surface area contributed by atoms with E-state index in [-0.39, 0.29) is 11.8 Å². The number of rotatable bonds is 3. The smallest absolute Gasteiger partial charge is 0.235 e. The monoisotopic (exact) mass is 187 g/mol. The zero-order valence-electron chi connectivity index (χ0n) is 6.75. The minimum absolute atomic E-state index is 0.000260. The first kappa shape index (κ1) is 9.06. The van der Waals surface area contributed by atoms with Gasteiger partial charge in [-0.2, -0.15) is 5.10 Å². The van der Waals surface area contributed by atoms with Crippen LogP contribution in [0, 0.1) is 0 Å². The van der Waals surface area contributed by atoms with E-state index in [1.54, 1.807) is 10.9 Å². The number of nitrogens with one attached hydrogen (secondary N) is 1. The quantitative estimate of drug-likeness (QED) is 0.691. The molecule has 12 heavy (non-hydrogen) atoms. The van der Waals surface area contributed by atoms with Crippen molar-refractivity contribution in [2.75, 3.05) is 5.88 Å². The van der Waals surface area contributed by atoms with Gasteiger partial charge in [0.15, 0.2) is 0 Å². The average molecular weight is 188 g/mol. The Labute approximate surface area is 75.5 Å². The average Bonchev–Trinajstić information content (AvgIpc) is 2.47. The normalized spacial score (nSPS) is 9.83. The largest absolute Gasteiger partial charge is 0.351 e. The number of amides is 1. The topological polar surface area (TPSA) is 46.9 Å². The van der Waals surface area contributed by atoms with E-state index in [1.165, 1.54) is 0 Å². The molecule has 0 atom stereocenters. The maximum absolute atomic E-state index is 10.7. The molecule has 1 N–H and O–H groups in total. The van der Waals surface area contributed by atoms with Crippen LogP contribution < -0.4 is 5.32 Å². The van der Waals surface area contributed by atoms with Crippen molar-refractivity contribution in [1.82, 2.24) is 15.1 Å². The highest BCUT2D eigenvalue weighted by atomic mass is 35.5. The number of hydrogen-bond acceptors (Lipinski definition) is 2. The number of aryl methyl sites for hydroxylation is 1. The van der Waals surface area contributed by atoms with Crippen LogP contribution in [0.1, 0.15) is 5.56 Å². The van der Waals surface area contributed by atoms with Gasteiger partial charge in [0.05, 0.1) is 6.20 Å². The summed E-state index contributed by atoms with van der Waals surface area (Å²) >= 11 is 5.29. The molecule has 0 spiro atoms. The van der Waals surface area contributed by atoms with Gasteiger partial charge in [-0.3, -0.25) is 9.48 Å². The van der Waals surface area contributed by atoms with Gasteiger partial charge in [-0.05, 0) is 0 Å². The zero-order valence-corrected chi connectivity index (χ0v) is 7.51. The molecule has 0 saturated carbocycles. The molecule has 5 heteroatoms. The summed E-state index contributed by atoms with van der Waals surface area (Å²) in [6.45, 7) is 0.486. The summed E-state index contributed by atoms with van der Waals surface area (Å²) in [5, 5.41) is 6.59. The standard InChI is InChI=1S/C7H10ClN3O/c1-11-5-6(4-10-11)3-9-7(12)2-8/h4-5H,2-3H2,1H3,(H,9,12). The van der Waals surface area contributed by atoms with E-state index in [1.807, 2.05) is 13.2 Å². The number of halogens is 1. The van der Waals surface area contributed by atoms with E-state index in [4.69, 9.17) is 11.6 Å². The molecule has 0 aliphatic heterocycles. The van der Waals surface area contributed by atoms with Crippen LogP contribution in [0.5, 0.6) is 0 Å². The van der Waals surface area contributed by atoms with Crippen LogP contribution in [0.25, 0.3) is 0 Å². The molecule has 0 saturated heterocycles. The van der Waals surface area contributed by atoms with Crippen LogP contribution in [0.2, 0.25) is 0 Å². The Morgan fingerprint density at radius 2 is 2.58 bits per heavy atom. The lowest BCUT2D eigenvalue weighted by molar-refractivity contribution is -0.118. The number of hydrogen-bond donors (Lipinski definition) is 1. The Morgan fingerprint density at radius 1 is 1.83 bits per heavy atom. The highest BCUT2D eigenvalue weighted by Crippen LogP contribution is 1.94. The Hall–Kier alpha value is -1.03. The first-order valence-electron chi connectivity index (χ1n) is 3.52. The number of carbonyl (C=O) groups is 1. The Kier molecular flexibility index (Phi) is 3.10. The van der Waals surface area contributed by atoms with Crippen molar-refractivity contribution in [2.45, 2.75) is 6.54 Å². The molecule has 1 aromatic rings. The molecular weight excluding hydrogens is 178 g/mol. The van der Waals surface area contributed by atoms with Gasteiger partial charge in [0.2, 0.25) is 5.91 Å². The van der Waals surface area contributed by atoms with Gasteiger partial charge in [-0.1, -0.05) is 0 Å². The summed E-state index contributed by atoms with van der Waals surface area (Å²) in [6, 6.07) is 0. The van der Waals surface area contributed by atoms with Gasteiger partial charge >= 0.3 is 0 Å². The second-order valence-corrected chi connectivity index (χ2v) is 2.70. The summed E-state index contributed by atoms with van der Waals surface area (Å²) in [5.41, 5.74) is 0.968. The van der Waals surface area contributed by atoms with Gasteiger partial charge in [-0.15, -0.1) is 11.6 Å². The van der Waals surface area contributed by atoms with Gasteiger partial charge in [-0.25, -0.2) is 0 Å². The van der Waals surface area contributed by atoms with Crippen LogP contribution in [0.4, 0.5) is 0 Å². The van der Waals surface area contributed by atoms with Crippen molar-refractivity contribution in [2.24, 2.45) is 7.05 Å². The van der Waals surface area contributed by atoms with E-state index in [2.05, 4.69) is 10.4 Å². The van der Waals surface area contributed by atoms with E-state index in [9.17, 15) is 4.79 Å². The summed E-state index contributed by atoms with van der Waals surface area (Å²) in [7, 11) is 1.83. The van der Waals surface area contributed by atoms with Crippen molar-refractivity contribution in [1.29, 1.82) is 0 Å². The third kappa shape index (κ3) is 2.54. The molecule has 0 radical (unpaired) electrons. The van der Waals surface area contributed by atoms with Crippen LogP contribution >= 0.6 is 11.6 Å². The lowest BCUT2D eigenvalue weighted by atomic mass is 10.3. The molecule has 0 aromatic carbocycles. The maximum Gasteiger partial charge on any atom is 0.235 e. The second-order valence-electron chi connectivity index (χ2n) is 2.43. The van der Waals surface area contributed by atoms with E-state index >= 15 is 0 Å². The summed E-state index contributed by atoms with van der Waals surface area (Å²) in [4.78, 5) is 10.7. The predicted octanol–water partition coefficient (Wildman–Crippen LogP) is 0.275. The molecule has 1 aromatic heterocycles. The van der Waals surface area contributed by atoms with Crippen molar-refractivity contribution in [3.05, 3.63) is 18.0 Å². The van der Waals surface area contributed by atoms with Gasteiger partial charge in [0, 0.05) is 25.4 Å². The summed E-state index contributed by atoms with van der Waals surface area (Å²) in [6.07, 6.45) is 3.54. The first-order chi connectivity index (χ1) is 5.72. The lowest BCUT2D eigenvalue weighted by Crippen LogP contribution is -2.23. The van der Waals surface area contributed by atoms with E-state index in [0.29, 0.717) is 6.54 Å². The van der Waals surface area contributed by atoms with Crippen LogP contribution in [0.15, 0.2) is 12.4 Å². The van der Waals surface area contributed by atoms with Crippen molar-refractivity contribution >= 4 is 17.5 Å². The molecule has 0 aliphatic rings. The third-order valence-electron chi connectivity index (χ3n) is 1.37. The van der Waals surface area contributed by atoms with Crippen molar-refractivity contribution in [3.8, 4) is 0 Å². The number of aromatic nitrogens is 2. The van der Waals surface area contributed by atoms with Gasteiger partial charge in [0.1, 0.15) is 5.88 Å². The molecule has 0 aliphatic carbocycles. The SMILES string of the molecule is Cn1cc(CNC(=O)CCl)cn1. The molecule has 0 fully saturated rings. The van der Waals surface area contributed by atoms with E-state index in [0.717, 1.165) is 5.56 Å². The number of nitrogens with zero attached hydrogens (tertiary/aromatic N) is 2. The Balaban J connectivity index is 2.38. The van der Waals surface area contributed by atoms with Crippen LogP contribution in [-0.4, -0.2) is 21.6 Å². The minimum atomic E-state index is -0.166. The molecular formula is C7H10ClN3O. The van der Waals surface area contributed by atoms with E-state index < -0.39 is 0 Å². The highest BCUT2D eigenvalue weighted by molar-refractivity contribution is 6.27. The van der Waals surface area contributed by atoms with Crippen LogP contribution in [-0.2, 0) is 18.4 Å². The molecule has 0 bridgehead atoms. The number of alkyl halides is 1.